The van der Waals surface area contributed by atoms with Gasteiger partial charge < -0.3 is 4.90 Å². The molecule has 0 aromatic rings. The van der Waals surface area contributed by atoms with E-state index in [0.29, 0.717) is 12.3 Å². The summed E-state index contributed by atoms with van der Waals surface area (Å²) < 4.78 is 0. The fourth-order valence-corrected chi connectivity index (χ4v) is 4.10. The van der Waals surface area contributed by atoms with Gasteiger partial charge >= 0.3 is 0 Å². The van der Waals surface area contributed by atoms with Gasteiger partial charge in [-0.1, -0.05) is 25.5 Å². The molecule has 2 aliphatic carbocycles. The Labute approximate surface area is 131 Å². The summed E-state index contributed by atoms with van der Waals surface area (Å²) in [5, 5.41) is 0. The van der Waals surface area contributed by atoms with Crippen LogP contribution in [-0.4, -0.2) is 22.9 Å². The molecule has 0 N–H and O–H groups in total. The van der Waals surface area contributed by atoms with E-state index in [1.165, 1.54) is 19.3 Å². The molecular formula is C19H33NO. The highest BCUT2D eigenvalue weighted by molar-refractivity contribution is 5.76. The van der Waals surface area contributed by atoms with Gasteiger partial charge in [0, 0.05) is 18.5 Å². The summed E-state index contributed by atoms with van der Waals surface area (Å²) >= 11 is 0. The standard InChI is InChI=1S/C19H33NO/c1-7-18(21)20(19(4,5)6)12-15-11-17(15)16-9-8-13(2)10-14(16)3/h10,14-17H,7-9,11-12H2,1-6H3. The Balaban J connectivity index is 1.95. The average Bonchev–Trinajstić information content (AvgIpc) is 3.13. The highest BCUT2D eigenvalue weighted by Gasteiger charge is 2.46. The lowest BCUT2D eigenvalue weighted by atomic mass is 9.78. The normalized spacial score (nSPS) is 32.6. The van der Waals surface area contributed by atoms with Crippen molar-refractivity contribution in [3.05, 3.63) is 11.6 Å². The molecule has 2 aliphatic rings. The summed E-state index contributed by atoms with van der Waals surface area (Å²) in [4.78, 5) is 14.3. The molecule has 1 saturated carbocycles. The monoisotopic (exact) mass is 291 g/mol. The molecule has 0 heterocycles. The van der Waals surface area contributed by atoms with Crippen molar-refractivity contribution in [2.24, 2.45) is 23.7 Å². The zero-order chi connectivity index (χ0) is 15.8. The highest BCUT2D eigenvalue weighted by Crippen LogP contribution is 2.51. The third kappa shape index (κ3) is 3.90. The number of amides is 1. The van der Waals surface area contributed by atoms with Crippen molar-refractivity contribution in [2.45, 2.75) is 72.8 Å². The van der Waals surface area contributed by atoms with Crippen molar-refractivity contribution in [1.29, 1.82) is 0 Å². The van der Waals surface area contributed by atoms with Crippen LogP contribution in [0.4, 0.5) is 0 Å². The van der Waals surface area contributed by atoms with E-state index < -0.39 is 0 Å². The van der Waals surface area contributed by atoms with Crippen LogP contribution in [0, 0.1) is 23.7 Å². The lowest BCUT2D eigenvalue weighted by Gasteiger charge is -2.36. The van der Waals surface area contributed by atoms with Crippen molar-refractivity contribution in [1.82, 2.24) is 4.90 Å². The third-order valence-corrected chi connectivity index (χ3v) is 5.45. The fraction of sp³-hybridized carbons (Fsp3) is 0.842. The van der Waals surface area contributed by atoms with E-state index in [2.05, 4.69) is 45.6 Å². The van der Waals surface area contributed by atoms with E-state index in [9.17, 15) is 4.79 Å². The first-order valence-corrected chi connectivity index (χ1v) is 8.71. The van der Waals surface area contributed by atoms with Crippen molar-refractivity contribution in [2.75, 3.05) is 6.54 Å². The van der Waals surface area contributed by atoms with Gasteiger partial charge in [-0.05, 0) is 70.6 Å². The molecule has 21 heavy (non-hydrogen) atoms. The van der Waals surface area contributed by atoms with E-state index >= 15 is 0 Å². The van der Waals surface area contributed by atoms with E-state index in [4.69, 9.17) is 0 Å². The Morgan fingerprint density at radius 1 is 1.33 bits per heavy atom. The van der Waals surface area contributed by atoms with Crippen molar-refractivity contribution in [3.63, 3.8) is 0 Å². The van der Waals surface area contributed by atoms with E-state index in [1.54, 1.807) is 5.57 Å². The number of carbonyl (C=O) groups excluding carboxylic acids is 1. The van der Waals surface area contributed by atoms with Crippen LogP contribution in [0.3, 0.4) is 0 Å². The van der Waals surface area contributed by atoms with Crippen LogP contribution >= 0.6 is 0 Å². The number of allylic oxidation sites excluding steroid dienone is 2. The number of hydrogen-bond acceptors (Lipinski definition) is 1. The van der Waals surface area contributed by atoms with Gasteiger partial charge in [-0.25, -0.2) is 0 Å². The van der Waals surface area contributed by atoms with E-state index in [1.807, 2.05) is 6.92 Å². The van der Waals surface area contributed by atoms with Crippen LogP contribution in [0.5, 0.6) is 0 Å². The number of nitrogens with zero attached hydrogens (tertiary/aromatic N) is 1. The van der Waals surface area contributed by atoms with Gasteiger partial charge in [-0.15, -0.1) is 0 Å². The molecule has 1 amide bonds. The van der Waals surface area contributed by atoms with E-state index in [-0.39, 0.29) is 5.54 Å². The number of rotatable bonds is 4. The van der Waals surface area contributed by atoms with Gasteiger partial charge in [0.1, 0.15) is 0 Å². The molecule has 1 fully saturated rings. The van der Waals surface area contributed by atoms with Crippen molar-refractivity contribution < 1.29 is 4.79 Å². The Morgan fingerprint density at radius 3 is 2.52 bits per heavy atom. The molecular weight excluding hydrogens is 258 g/mol. The van der Waals surface area contributed by atoms with Crippen LogP contribution in [0.25, 0.3) is 0 Å². The van der Waals surface area contributed by atoms with Crippen LogP contribution in [0.1, 0.15) is 67.2 Å². The molecule has 0 aromatic carbocycles. The van der Waals surface area contributed by atoms with Crippen molar-refractivity contribution >= 4 is 5.91 Å². The number of carbonyl (C=O) groups is 1. The second-order valence-electron chi connectivity index (χ2n) is 8.26. The second kappa shape index (κ2) is 6.14. The Bertz CT molecular complexity index is 418. The molecule has 2 nitrogen and oxygen atoms in total. The topological polar surface area (TPSA) is 20.3 Å². The zero-order valence-electron chi connectivity index (χ0n) is 14.8. The second-order valence-corrected chi connectivity index (χ2v) is 8.26. The minimum Gasteiger partial charge on any atom is -0.338 e. The zero-order valence-corrected chi connectivity index (χ0v) is 14.8. The Kier molecular flexibility index (Phi) is 4.85. The molecule has 0 radical (unpaired) electrons. The molecule has 120 valence electrons. The molecule has 4 atom stereocenters. The first-order valence-electron chi connectivity index (χ1n) is 8.71. The quantitative estimate of drug-likeness (QED) is 0.690. The predicted molar refractivity (Wildman–Crippen MR) is 89.0 cm³/mol. The SMILES string of the molecule is CCC(=O)N(CC1CC1C1CCC(C)=CC1C)C(C)(C)C. The van der Waals surface area contributed by atoms with Crippen LogP contribution in [-0.2, 0) is 4.79 Å². The van der Waals surface area contributed by atoms with Gasteiger partial charge in [0.25, 0.3) is 0 Å². The Morgan fingerprint density at radius 2 is 2.00 bits per heavy atom. The molecule has 0 saturated heterocycles. The number of hydrogen-bond donors (Lipinski definition) is 0. The third-order valence-electron chi connectivity index (χ3n) is 5.45. The summed E-state index contributed by atoms with van der Waals surface area (Å²) in [6.07, 6.45) is 7.04. The lowest BCUT2D eigenvalue weighted by molar-refractivity contribution is -0.136. The minimum atomic E-state index is -0.0467. The molecule has 2 rings (SSSR count). The lowest BCUT2D eigenvalue weighted by Crippen LogP contribution is -2.46. The summed E-state index contributed by atoms with van der Waals surface area (Å²) in [6.45, 7) is 14.1. The van der Waals surface area contributed by atoms with Crippen LogP contribution in [0.15, 0.2) is 11.6 Å². The van der Waals surface area contributed by atoms with Gasteiger partial charge in [0.05, 0.1) is 0 Å². The smallest absolute Gasteiger partial charge is 0.222 e. The maximum Gasteiger partial charge on any atom is 0.222 e. The summed E-state index contributed by atoms with van der Waals surface area (Å²) in [6, 6.07) is 0. The van der Waals surface area contributed by atoms with Gasteiger partial charge in [0.15, 0.2) is 0 Å². The maximum absolute atomic E-state index is 12.2. The molecule has 0 bridgehead atoms. The molecule has 4 unspecified atom stereocenters. The molecule has 2 heteroatoms. The highest BCUT2D eigenvalue weighted by atomic mass is 16.2. The molecule has 0 aliphatic heterocycles. The molecule has 0 spiro atoms. The predicted octanol–water partition coefficient (Wildman–Crippen LogP) is 4.65. The average molecular weight is 291 g/mol. The summed E-state index contributed by atoms with van der Waals surface area (Å²) in [7, 11) is 0. The largest absolute Gasteiger partial charge is 0.338 e. The van der Waals surface area contributed by atoms with Gasteiger partial charge in [0.2, 0.25) is 5.91 Å². The maximum atomic E-state index is 12.2. The molecule has 0 aromatic heterocycles. The van der Waals surface area contributed by atoms with Gasteiger partial charge in [-0.2, -0.15) is 0 Å². The van der Waals surface area contributed by atoms with Crippen LogP contribution in [0.2, 0.25) is 0 Å². The Hall–Kier alpha value is -0.790. The first-order chi connectivity index (χ1) is 9.74. The first kappa shape index (κ1) is 16.6. The van der Waals surface area contributed by atoms with Gasteiger partial charge in [-0.3, -0.25) is 4.79 Å². The summed E-state index contributed by atoms with van der Waals surface area (Å²) in [5.41, 5.74) is 1.52. The summed E-state index contributed by atoms with van der Waals surface area (Å²) in [5.74, 6) is 3.45. The van der Waals surface area contributed by atoms with E-state index in [0.717, 1.165) is 30.2 Å². The fourth-order valence-electron chi connectivity index (χ4n) is 4.10. The van der Waals surface area contributed by atoms with Crippen molar-refractivity contribution in [3.8, 4) is 0 Å². The van der Waals surface area contributed by atoms with Crippen LogP contribution < -0.4 is 0 Å². The minimum absolute atomic E-state index is 0.0467.